The molecule has 2 aliphatic rings. The lowest BCUT2D eigenvalue weighted by Gasteiger charge is -2.28. The first kappa shape index (κ1) is 20.4. The van der Waals surface area contributed by atoms with Gasteiger partial charge in [-0.05, 0) is 55.7 Å². The smallest absolute Gasteiger partial charge is 0.257 e. The molecule has 2 aromatic carbocycles. The van der Waals surface area contributed by atoms with Crippen molar-refractivity contribution in [2.45, 2.75) is 38.8 Å². The summed E-state index contributed by atoms with van der Waals surface area (Å²) in [7, 11) is 0. The van der Waals surface area contributed by atoms with Crippen LogP contribution in [-0.2, 0) is 20.9 Å². The predicted molar refractivity (Wildman–Crippen MR) is 113 cm³/mol. The van der Waals surface area contributed by atoms with E-state index in [0.29, 0.717) is 23.1 Å². The topological polar surface area (TPSA) is 66.9 Å². The standard InChI is InChI=1S/C23H23ClN2O4/c1-2-30-18-11-9-17(10-12-18)26-21(27)13-20(23(26)29)25(22(28)15-7-8-15)14-16-5-3-4-6-19(16)24/h3-6,9-12,15,20H,2,7-8,13-14H2,1H3. The van der Waals surface area contributed by atoms with Gasteiger partial charge in [0.15, 0.2) is 0 Å². The number of benzene rings is 2. The summed E-state index contributed by atoms with van der Waals surface area (Å²) >= 11 is 6.29. The molecule has 4 rings (SSSR count). The number of anilines is 1. The minimum absolute atomic E-state index is 0.0328. The highest BCUT2D eigenvalue weighted by Gasteiger charge is 2.47. The Morgan fingerprint density at radius 2 is 1.83 bits per heavy atom. The molecule has 1 heterocycles. The molecule has 6 nitrogen and oxygen atoms in total. The molecule has 0 bridgehead atoms. The number of carbonyl (C=O) groups is 3. The zero-order chi connectivity index (χ0) is 21.3. The van der Waals surface area contributed by atoms with Gasteiger partial charge < -0.3 is 9.64 Å². The minimum Gasteiger partial charge on any atom is -0.494 e. The van der Waals surface area contributed by atoms with Gasteiger partial charge in [-0.2, -0.15) is 0 Å². The summed E-state index contributed by atoms with van der Waals surface area (Å²) < 4.78 is 5.43. The van der Waals surface area contributed by atoms with Crippen molar-refractivity contribution in [2.75, 3.05) is 11.5 Å². The largest absolute Gasteiger partial charge is 0.494 e. The van der Waals surface area contributed by atoms with E-state index >= 15 is 0 Å². The first-order valence-corrected chi connectivity index (χ1v) is 10.5. The molecule has 30 heavy (non-hydrogen) atoms. The molecule has 1 aliphatic carbocycles. The quantitative estimate of drug-likeness (QED) is 0.631. The van der Waals surface area contributed by atoms with Gasteiger partial charge in [0, 0.05) is 17.5 Å². The van der Waals surface area contributed by atoms with Crippen LogP contribution in [0.2, 0.25) is 5.02 Å². The Kier molecular flexibility index (Phi) is 5.77. The highest BCUT2D eigenvalue weighted by molar-refractivity contribution is 6.31. The van der Waals surface area contributed by atoms with Crippen LogP contribution in [0, 0.1) is 5.92 Å². The van der Waals surface area contributed by atoms with Gasteiger partial charge in [0.25, 0.3) is 5.91 Å². The van der Waals surface area contributed by atoms with Gasteiger partial charge in [0.1, 0.15) is 11.8 Å². The van der Waals surface area contributed by atoms with E-state index in [4.69, 9.17) is 16.3 Å². The van der Waals surface area contributed by atoms with Crippen LogP contribution in [0.1, 0.15) is 31.7 Å². The number of ether oxygens (including phenoxy) is 1. The molecule has 3 amide bonds. The molecule has 0 N–H and O–H groups in total. The van der Waals surface area contributed by atoms with E-state index < -0.39 is 6.04 Å². The maximum Gasteiger partial charge on any atom is 0.257 e. The number of hydrogen-bond donors (Lipinski definition) is 0. The van der Waals surface area contributed by atoms with Gasteiger partial charge in [0.05, 0.1) is 18.7 Å². The fourth-order valence-corrected chi connectivity index (χ4v) is 3.90. The van der Waals surface area contributed by atoms with Crippen LogP contribution in [0.15, 0.2) is 48.5 Å². The second kappa shape index (κ2) is 8.48. The third-order valence-corrected chi connectivity index (χ3v) is 5.78. The van der Waals surface area contributed by atoms with Crippen molar-refractivity contribution in [3.05, 3.63) is 59.1 Å². The lowest BCUT2D eigenvalue weighted by Crippen LogP contribution is -2.45. The highest BCUT2D eigenvalue weighted by Crippen LogP contribution is 2.35. The van der Waals surface area contributed by atoms with Gasteiger partial charge in [-0.15, -0.1) is 0 Å². The maximum absolute atomic E-state index is 13.2. The molecule has 0 radical (unpaired) electrons. The number of hydrogen-bond acceptors (Lipinski definition) is 4. The first-order chi connectivity index (χ1) is 14.5. The molecule has 0 spiro atoms. The van der Waals surface area contributed by atoms with Gasteiger partial charge in [-0.3, -0.25) is 14.4 Å². The molecular formula is C23H23ClN2O4. The summed E-state index contributed by atoms with van der Waals surface area (Å²) in [6.07, 6.45) is 1.60. The Morgan fingerprint density at radius 3 is 2.47 bits per heavy atom. The zero-order valence-corrected chi connectivity index (χ0v) is 17.5. The average Bonchev–Trinajstić information content (AvgIpc) is 3.54. The van der Waals surface area contributed by atoms with E-state index in [0.717, 1.165) is 18.4 Å². The zero-order valence-electron chi connectivity index (χ0n) is 16.7. The SMILES string of the molecule is CCOc1ccc(N2C(=O)CC(N(Cc3ccccc3Cl)C(=O)C3CC3)C2=O)cc1. The van der Waals surface area contributed by atoms with E-state index in [-0.39, 0.29) is 36.6 Å². The van der Waals surface area contributed by atoms with Crippen molar-refractivity contribution >= 4 is 35.0 Å². The number of carbonyl (C=O) groups excluding carboxylic acids is 3. The number of nitrogens with zero attached hydrogens (tertiary/aromatic N) is 2. The third kappa shape index (κ3) is 4.05. The van der Waals surface area contributed by atoms with Crippen LogP contribution >= 0.6 is 11.6 Å². The van der Waals surface area contributed by atoms with E-state index in [1.165, 1.54) is 9.80 Å². The molecule has 1 unspecified atom stereocenters. The van der Waals surface area contributed by atoms with Gasteiger partial charge in [0.2, 0.25) is 11.8 Å². The lowest BCUT2D eigenvalue weighted by molar-refractivity contribution is -0.140. The van der Waals surface area contributed by atoms with Crippen molar-refractivity contribution in [3.63, 3.8) is 0 Å². The van der Waals surface area contributed by atoms with E-state index in [1.54, 1.807) is 30.3 Å². The molecule has 1 atom stereocenters. The number of amides is 3. The fraction of sp³-hybridized carbons (Fsp3) is 0.348. The average molecular weight is 427 g/mol. The van der Waals surface area contributed by atoms with E-state index in [9.17, 15) is 14.4 Å². The molecular weight excluding hydrogens is 404 g/mol. The van der Waals surface area contributed by atoms with Gasteiger partial charge in [-0.25, -0.2) is 4.90 Å². The molecule has 1 saturated heterocycles. The minimum atomic E-state index is -0.826. The molecule has 1 saturated carbocycles. The van der Waals surface area contributed by atoms with Crippen molar-refractivity contribution < 1.29 is 19.1 Å². The number of imide groups is 1. The van der Waals surface area contributed by atoms with Gasteiger partial charge >= 0.3 is 0 Å². The summed E-state index contributed by atoms with van der Waals surface area (Å²) in [5.41, 5.74) is 1.24. The normalized spacial score (nSPS) is 18.6. The van der Waals surface area contributed by atoms with Crippen LogP contribution < -0.4 is 9.64 Å². The Bertz CT molecular complexity index is 971. The van der Waals surface area contributed by atoms with E-state index in [2.05, 4.69) is 0 Å². The Labute approximate surface area is 180 Å². The molecule has 1 aliphatic heterocycles. The molecule has 156 valence electrons. The molecule has 2 fully saturated rings. The van der Waals surface area contributed by atoms with Crippen LogP contribution in [-0.4, -0.2) is 35.3 Å². The maximum atomic E-state index is 13.2. The predicted octanol–water partition coefficient (Wildman–Crippen LogP) is 3.81. The summed E-state index contributed by atoms with van der Waals surface area (Å²) in [5.74, 6) is -0.196. The highest BCUT2D eigenvalue weighted by atomic mass is 35.5. The molecule has 0 aromatic heterocycles. The number of halogens is 1. The number of rotatable bonds is 7. The fourth-order valence-electron chi connectivity index (χ4n) is 3.71. The monoisotopic (exact) mass is 426 g/mol. The third-order valence-electron chi connectivity index (χ3n) is 5.41. The Morgan fingerprint density at radius 1 is 1.13 bits per heavy atom. The lowest BCUT2D eigenvalue weighted by atomic mass is 10.1. The van der Waals surface area contributed by atoms with Crippen LogP contribution in [0.4, 0.5) is 5.69 Å². The molecule has 2 aromatic rings. The second-order valence-electron chi connectivity index (χ2n) is 7.55. The van der Waals surface area contributed by atoms with Crippen molar-refractivity contribution in [1.82, 2.24) is 4.90 Å². The summed E-state index contributed by atoms with van der Waals surface area (Å²) in [6, 6.07) is 13.2. The van der Waals surface area contributed by atoms with Crippen LogP contribution in [0.3, 0.4) is 0 Å². The van der Waals surface area contributed by atoms with Crippen molar-refractivity contribution in [3.8, 4) is 5.75 Å². The van der Waals surface area contributed by atoms with Crippen LogP contribution in [0.5, 0.6) is 5.75 Å². The van der Waals surface area contributed by atoms with Crippen molar-refractivity contribution in [2.24, 2.45) is 5.92 Å². The second-order valence-corrected chi connectivity index (χ2v) is 7.95. The molecule has 7 heteroatoms. The first-order valence-electron chi connectivity index (χ1n) is 10.1. The Hall–Kier alpha value is -2.86. The summed E-state index contributed by atoms with van der Waals surface area (Å²) in [4.78, 5) is 41.7. The summed E-state index contributed by atoms with van der Waals surface area (Å²) in [5, 5.41) is 0.534. The van der Waals surface area contributed by atoms with Gasteiger partial charge in [-0.1, -0.05) is 29.8 Å². The van der Waals surface area contributed by atoms with E-state index in [1.807, 2.05) is 25.1 Å². The Balaban J connectivity index is 1.60. The van der Waals surface area contributed by atoms with Crippen molar-refractivity contribution in [1.29, 1.82) is 0 Å². The van der Waals surface area contributed by atoms with Crippen LogP contribution in [0.25, 0.3) is 0 Å². The summed E-state index contributed by atoms with van der Waals surface area (Å²) in [6.45, 7) is 2.62.